The number of aliphatic carboxylic acids is 1. The van der Waals surface area contributed by atoms with Crippen molar-refractivity contribution in [3.05, 3.63) is 0 Å². The Morgan fingerprint density at radius 3 is 1.95 bits per heavy atom. The van der Waals surface area contributed by atoms with Gasteiger partial charge in [0.2, 0.25) is 0 Å². The number of carboxylic acid groups (broad SMARTS) is 1. The monoisotopic (exact) mass is 303 g/mol. The van der Waals surface area contributed by atoms with Crippen molar-refractivity contribution in [1.29, 1.82) is 0 Å². The highest BCUT2D eigenvalue weighted by Gasteiger charge is 2.03. The second-order valence-electron chi connectivity index (χ2n) is 5.63. The standard InChI is InChI=1S/C16H33NO2S/c1-3-4-5-6-7-8-9-10-11-12-13-20-15-17(2)14-16(18)19/h3-15H2,1-2H3,(H,18,19). The van der Waals surface area contributed by atoms with E-state index in [9.17, 15) is 4.79 Å². The van der Waals surface area contributed by atoms with Gasteiger partial charge in [0.25, 0.3) is 0 Å². The van der Waals surface area contributed by atoms with Crippen molar-refractivity contribution in [3.63, 3.8) is 0 Å². The average molecular weight is 304 g/mol. The number of hydrogen-bond acceptors (Lipinski definition) is 3. The first-order valence-electron chi connectivity index (χ1n) is 8.15. The normalized spacial score (nSPS) is 11.2. The fourth-order valence-corrected chi connectivity index (χ4v) is 3.13. The summed E-state index contributed by atoms with van der Waals surface area (Å²) in [6.45, 7) is 2.41. The molecular weight excluding hydrogens is 270 g/mol. The minimum Gasteiger partial charge on any atom is -0.480 e. The molecule has 0 amide bonds. The summed E-state index contributed by atoms with van der Waals surface area (Å²) in [6.07, 6.45) is 13.7. The molecule has 0 spiro atoms. The zero-order chi connectivity index (χ0) is 15.1. The van der Waals surface area contributed by atoms with E-state index in [4.69, 9.17) is 5.11 Å². The van der Waals surface area contributed by atoms with Crippen LogP contribution >= 0.6 is 11.8 Å². The molecule has 0 aromatic heterocycles. The van der Waals surface area contributed by atoms with Gasteiger partial charge in [-0.1, -0.05) is 64.7 Å². The first-order valence-corrected chi connectivity index (χ1v) is 9.30. The van der Waals surface area contributed by atoms with E-state index >= 15 is 0 Å². The number of rotatable bonds is 15. The lowest BCUT2D eigenvalue weighted by atomic mass is 10.1. The van der Waals surface area contributed by atoms with Gasteiger partial charge in [0.05, 0.1) is 6.54 Å². The molecule has 120 valence electrons. The Morgan fingerprint density at radius 2 is 1.45 bits per heavy atom. The van der Waals surface area contributed by atoms with E-state index in [0.29, 0.717) is 0 Å². The Morgan fingerprint density at radius 1 is 0.950 bits per heavy atom. The Hall–Kier alpha value is -0.220. The van der Waals surface area contributed by atoms with Crippen LogP contribution in [0.2, 0.25) is 0 Å². The predicted octanol–water partition coefficient (Wildman–Crippen LogP) is 4.61. The third kappa shape index (κ3) is 15.8. The molecule has 0 saturated heterocycles. The van der Waals surface area contributed by atoms with Gasteiger partial charge in [0.1, 0.15) is 0 Å². The van der Waals surface area contributed by atoms with Crippen LogP contribution in [0, 0.1) is 0 Å². The van der Waals surface area contributed by atoms with Crippen molar-refractivity contribution in [2.45, 2.75) is 71.1 Å². The molecule has 0 saturated carbocycles. The Labute approximate surface area is 129 Å². The molecule has 0 bridgehead atoms. The third-order valence-corrected chi connectivity index (χ3v) is 4.56. The second kappa shape index (κ2) is 15.2. The molecule has 0 aliphatic carbocycles. The molecule has 0 aliphatic rings. The molecule has 0 aromatic carbocycles. The van der Waals surface area contributed by atoms with Gasteiger partial charge in [0.15, 0.2) is 0 Å². The summed E-state index contributed by atoms with van der Waals surface area (Å²) < 4.78 is 0. The van der Waals surface area contributed by atoms with Crippen molar-refractivity contribution in [1.82, 2.24) is 4.90 Å². The molecule has 0 aromatic rings. The van der Waals surface area contributed by atoms with Gasteiger partial charge in [-0.25, -0.2) is 0 Å². The van der Waals surface area contributed by atoms with E-state index in [0.717, 1.165) is 11.6 Å². The van der Waals surface area contributed by atoms with E-state index in [1.165, 1.54) is 64.2 Å². The van der Waals surface area contributed by atoms with Crippen LogP contribution in [0.1, 0.15) is 71.1 Å². The van der Waals surface area contributed by atoms with Crippen LogP contribution in [0.3, 0.4) is 0 Å². The molecule has 0 atom stereocenters. The quantitative estimate of drug-likeness (QED) is 0.354. The molecule has 3 nitrogen and oxygen atoms in total. The van der Waals surface area contributed by atoms with Crippen molar-refractivity contribution >= 4 is 17.7 Å². The number of carbonyl (C=O) groups is 1. The molecule has 0 rings (SSSR count). The van der Waals surface area contributed by atoms with E-state index in [2.05, 4.69) is 6.92 Å². The zero-order valence-corrected chi connectivity index (χ0v) is 14.2. The summed E-state index contributed by atoms with van der Waals surface area (Å²) >= 11 is 1.84. The molecule has 0 radical (unpaired) electrons. The first-order chi connectivity index (χ1) is 9.66. The van der Waals surface area contributed by atoms with Gasteiger partial charge in [-0.2, -0.15) is 0 Å². The van der Waals surface area contributed by atoms with Crippen molar-refractivity contribution in [3.8, 4) is 0 Å². The maximum absolute atomic E-state index is 10.5. The van der Waals surface area contributed by atoms with Crippen molar-refractivity contribution in [2.75, 3.05) is 25.2 Å². The molecular formula is C16H33NO2S. The molecule has 0 heterocycles. The van der Waals surface area contributed by atoms with Gasteiger partial charge in [-0.3, -0.25) is 9.69 Å². The molecule has 4 heteroatoms. The number of likely N-dealkylation sites (N-methyl/N-ethyl adjacent to an activating group) is 1. The lowest BCUT2D eigenvalue weighted by Gasteiger charge is -2.12. The van der Waals surface area contributed by atoms with Crippen LogP contribution in [0.5, 0.6) is 0 Å². The highest BCUT2D eigenvalue weighted by atomic mass is 32.2. The van der Waals surface area contributed by atoms with Gasteiger partial charge in [0, 0.05) is 5.88 Å². The number of thioether (sulfide) groups is 1. The van der Waals surface area contributed by atoms with Gasteiger partial charge in [-0.05, 0) is 19.2 Å². The Bertz CT molecular complexity index is 225. The number of hydrogen-bond donors (Lipinski definition) is 1. The maximum Gasteiger partial charge on any atom is 0.317 e. The SMILES string of the molecule is CCCCCCCCCCCCSCN(C)CC(=O)O. The summed E-state index contributed by atoms with van der Waals surface area (Å²) in [7, 11) is 1.86. The average Bonchev–Trinajstić information content (AvgIpc) is 2.39. The topological polar surface area (TPSA) is 40.5 Å². The second-order valence-corrected chi connectivity index (χ2v) is 6.70. The van der Waals surface area contributed by atoms with Crippen molar-refractivity contribution in [2.24, 2.45) is 0 Å². The van der Waals surface area contributed by atoms with Crippen LogP contribution in [0.25, 0.3) is 0 Å². The zero-order valence-electron chi connectivity index (χ0n) is 13.4. The molecule has 1 N–H and O–H groups in total. The maximum atomic E-state index is 10.5. The number of nitrogens with zero attached hydrogens (tertiary/aromatic N) is 1. The fourth-order valence-electron chi connectivity index (χ4n) is 2.19. The van der Waals surface area contributed by atoms with Gasteiger partial charge < -0.3 is 5.11 Å². The minimum atomic E-state index is -0.743. The van der Waals surface area contributed by atoms with Gasteiger partial charge in [-0.15, -0.1) is 11.8 Å². The van der Waals surface area contributed by atoms with Crippen LogP contribution in [-0.4, -0.2) is 41.2 Å². The summed E-state index contributed by atoms with van der Waals surface area (Å²) in [6, 6.07) is 0. The van der Waals surface area contributed by atoms with E-state index in [1.807, 2.05) is 23.7 Å². The molecule has 0 fully saturated rings. The first kappa shape index (κ1) is 19.8. The van der Waals surface area contributed by atoms with Crippen LogP contribution in [0.15, 0.2) is 0 Å². The summed E-state index contributed by atoms with van der Waals surface area (Å²) in [4.78, 5) is 12.3. The Kier molecular flexibility index (Phi) is 15.0. The summed E-state index contributed by atoms with van der Waals surface area (Å²) in [5, 5.41) is 8.62. The smallest absolute Gasteiger partial charge is 0.317 e. The van der Waals surface area contributed by atoms with E-state index < -0.39 is 5.97 Å². The Balaban J connectivity index is 3.08. The van der Waals surface area contributed by atoms with Crippen LogP contribution in [0.4, 0.5) is 0 Å². The van der Waals surface area contributed by atoms with E-state index in [-0.39, 0.29) is 6.54 Å². The van der Waals surface area contributed by atoms with Gasteiger partial charge >= 0.3 is 5.97 Å². The molecule has 0 aliphatic heterocycles. The summed E-state index contributed by atoms with van der Waals surface area (Å²) in [5.41, 5.74) is 0. The minimum absolute atomic E-state index is 0.144. The van der Waals surface area contributed by atoms with Crippen LogP contribution < -0.4 is 0 Å². The molecule has 20 heavy (non-hydrogen) atoms. The third-order valence-electron chi connectivity index (χ3n) is 3.36. The number of unbranched alkanes of at least 4 members (excludes halogenated alkanes) is 9. The molecule has 0 unspecified atom stereocenters. The largest absolute Gasteiger partial charge is 0.480 e. The van der Waals surface area contributed by atoms with Crippen LogP contribution in [-0.2, 0) is 4.79 Å². The lowest BCUT2D eigenvalue weighted by Crippen LogP contribution is -2.25. The van der Waals surface area contributed by atoms with Crippen molar-refractivity contribution < 1.29 is 9.90 Å². The predicted molar refractivity (Wildman–Crippen MR) is 89.4 cm³/mol. The lowest BCUT2D eigenvalue weighted by molar-refractivity contribution is -0.137. The fraction of sp³-hybridized carbons (Fsp3) is 0.938. The van der Waals surface area contributed by atoms with E-state index in [1.54, 1.807) is 0 Å². The summed E-state index contributed by atoms with van der Waals surface area (Å²) in [5.74, 6) is 1.23. The number of carboxylic acids is 1. The highest BCUT2D eigenvalue weighted by Crippen LogP contribution is 2.12. The highest BCUT2D eigenvalue weighted by molar-refractivity contribution is 7.99.